The lowest BCUT2D eigenvalue weighted by Crippen LogP contribution is -2.70. The van der Waals surface area contributed by atoms with Gasteiger partial charge in [-0.05, 0) is 11.4 Å². The molecule has 182 valence electrons. The maximum atomic E-state index is 13.0. The molecule has 1 aromatic heterocycles. The minimum Gasteiger partial charge on any atom is -0.461 e. The fourth-order valence-electron chi connectivity index (χ4n) is 3.67. The van der Waals surface area contributed by atoms with Gasteiger partial charge in [-0.3, -0.25) is 24.1 Å². The highest BCUT2D eigenvalue weighted by Crippen LogP contribution is 2.40. The number of hydrogen-bond donors (Lipinski definition) is 1. The first-order valence-electron chi connectivity index (χ1n) is 10.7. The van der Waals surface area contributed by atoms with Crippen molar-refractivity contribution in [2.24, 2.45) is 0 Å². The van der Waals surface area contributed by atoms with Crippen LogP contribution in [-0.2, 0) is 35.1 Å². The number of rotatable bonds is 9. The summed E-state index contributed by atoms with van der Waals surface area (Å²) in [5.41, 5.74) is 0.736. The highest BCUT2D eigenvalue weighted by atomic mass is 32.2. The fraction of sp³-hybridized carbons (Fsp3) is 0.292. The van der Waals surface area contributed by atoms with E-state index in [-0.39, 0.29) is 30.4 Å². The number of nitrogens with zero attached hydrogens (tertiary/aromatic N) is 1. The topological polar surface area (TPSA) is 119 Å². The second kappa shape index (κ2) is 10.9. The summed E-state index contributed by atoms with van der Waals surface area (Å²) in [6.07, 6.45) is 0.156. The van der Waals surface area contributed by atoms with E-state index >= 15 is 0 Å². The predicted molar refractivity (Wildman–Crippen MR) is 128 cm³/mol. The predicted octanol–water partition coefficient (Wildman–Crippen LogP) is 1.93. The molecule has 1 fully saturated rings. The molecule has 1 saturated heterocycles. The Balaban J connectivity index is 1.46. The minimum atomic E-state index is -0.863. The minimum absolute atomic E-state index is 0.0513. The number of Topliss-reactive ketones (excluding diaryl/α,β-unsaturated/α-hetero) is 1. The Morgan fingerprint density at radius 3 is 2.54 bits per heavy atom. The number of β-lactam (4-membered cyclic amide) rings is 1. The molecular formula is C24H22N2O7S2. The molecule has 2 aliphatic rings. The van der Waals surface area contributed by atoms with E-state index in [1.165, 1.54) is 34.9 Å². The number of ketones is 1. The van der Waals surface area contributed by atoms with Crippen molar-refractivity contribution in [1.29, 1.82) is 0 Å². The largest absolute Gasteiger partial charge is 0.461 e. The number of thiophene rings is 1. The molecule has 1 aromatic carbocycles. The van der Waals surface area contributed by atoms with Crippen LogP contribution in [-0.4, -0.2) is 64.8 Å². The monoisotopic (exact) mass is 514 g/mol. The molecule has 0 aliphatic carbocycles. The zero-order chi connectivity index (χ0) is 24.9. The van der Waals surface area contributed by atoms with Gasteiger partial charge in [0.25, 0.3) is 5.91 Å². The van der Waals surface area contributed by atoms with Crippen LogP contribution in [0.1, 0.15) is 22.2 Å². The molecule has 0 saturated carbocycles. The van der Waals surface area contributed by atoms with Gasteiger partial charge in [-0.2, -0.15) is 0 Å². The van der Waals surface area contributed by atoms with Gasteiger partial charge in [0, 0.05) is 28.7 Å². The van der Waals surface area contributed by atoms with Crippen LogP contribution >= 0.6 is 23.1 Å². The number of esters is 2. The lowest BCUT2D eigenvalue weighted by Gasteiger charge is -2.49. The van der Waals surface area contributed by atoms with Gasteiger partial charge in [0.05, 0.1) is 6.42 Å². The van der Waals surface area contributed by atoms with E-state index in [1.54, 1.807) is 30.3 Å². The standard InChI is InChI=1S/C24H22N2O7S2/c1-14(27)32-11-16-13-35-23-20(25-19(29)10-17-8-5-9-34-17)22(30)26(23)21(16)24(31)33-12-18(28)15-6-3-2-4-7-15/h2-9,20,23H,10-13H2,1H3,(H,25,29)/t20-,23-/m1/s1. The number of thioether (sulfide) groups is 1. The molecule has 0 bridgehead atoms. The van der Waals surface area contributed by atoms with Gasteiger partial charge < -0.3 is 14.8 Å². The zero-order valence-corrected chi connectivity index (χ0v) is 20.4. The molecule has 9 nitrogen and oxygen atoms in total. The van der Waals surface area contributed by atoms with Gasteiger partial charge in [-0.15, -0.1) is 23.1 Å². The van der Waals surface area contributed by atoms with Crippen molar-refractivity contribution >= 4 is 52.6 Å². The van der Waals surface area contributed by atoms with Crippen LogP contribution in [0, 0.1) is 0 Å². The van der Waals surface area contributed by atoms with E-state index in [0.717, 1.165) is 4.88 Å². The van der Waals surface area contributed by atoms with Crippen molar-refractivity contribution in [3.63, 3.8) is 0 Å². The van der Waals surface area contributed by atoms with E-state index in [0.29, 0.717) is 11.1 Å². The SMILES string of the molecule is CC(=O)OCC1=C(C(=O)OCC(=O)c2ccccc2)N2C(=O)[C@@H](NC(=O)Cc3cccs3)[C@H]2SC1. The summed E-state index contributed by atoms with van der Waals surface area (Å²) < 4.78 is 10.3. The second-order valence-corrected chi connectivity index (χ2v) is 9.95. The molecule has 2 atom stereocenters. The molecule has 3 heterocycles. The number of carbonyl (C=O) groups is 5. The average Bonchev–Trinajstić information content (AvgIpc) is 3.37. The maximum Gasteiger partial charge on any atom is 0.355 e. The molecular weight excluding hydrogens is 492 g/mol. The summed E-state index contributed by atoms with van der Waals surface area (Å²) in [7, 11) is 0. The van der Waals surface area contributed by atoms with Gasteiger partial charge in [0.15, 0.2) is 12.4 Å². The summed E-state index contributed by atoms with van der Waals surface area (Å²) in [6, 6.07) is 11.3. The third-order valence-corrected chi connectivity index (χ3v) is 7.57. The summed E-state index contributed by atoms with van der Waals surface area (Å²) in [5, 5.41) is 4.10. The van der Waals surface area contributed by atoms with Gasteiger partial charge >= 0.3 is 11.9 Å². The number of benzene rings is 1. The average molecular weight is 515 g/mol. The second-order valence-electron chi connectivity index (χ2n) is 7.81. The Bertz CT molecular complexity index is 1180. The van der Waals surface area contributed by atoms with Crippen LogP contribution in [0.4, 0.5) is 0 Å². The van der Waals surface area contributed by atoms with Crippen molar-refractivity contribution < 1.29 is 33.4 Å². The first kappa shape index (κ1) is 24.7. The number of nitrogens with one attached hydrogen (secondary N) is 1. The van der Waals surface area contributed by atoms with Crippen LogP contribution in [0.2, 0.25) is 0 Å². The highest BCUT2D eigenvalue weighted by molar-refractivity contribution is 8.00. The molecule has 35 heavy (non-hydrogen) atoms. The third-order valence-electron chi connectivity index (χ3n) is 5.35. The fourth-order valence-corrected chi connectivity index (χ4v) is 5.70. The Hall–Kier alpha value is -3.44. The third kappa shape index (κ3) is 5.63. The summed E-state index contributed by atoms with van der Waals surface area (Å²) in [5.74, 6) is -2.27. The Kier molecular flexibility index (Phi) is 7.67. The molecule has 2 amide bonds. The Morgan fingerprint density at radius 2 is 1.86 bits per heavy atom. The van der Waals surface area contributed by atoms with E-state index in [9.17, 15) is 24.0 Å². The zero-order valence-electron chi connectivity index (χ0n) is 18.7. The van der Waals surface area contributed by atoms with Crippen molar-refractivity contribution in [1.82, 2.24) is 10.2 Å². The van der Waals surface area contributed by atoms with Crippen LogP contribution in [0.15, 0.2) is 59.1 Å². The van der Waals surface area contributed by atoms with Crippen LogP contribution in [0.25, 0.3) is 0 Å². The molecule has 2 aliphatic heterocycles. The number of hydrogen-bond acceptors (Lipinski definition) is 9. The number of fused-ring (bicyclic) bond motifs is 1. The molecule has 0 unspecified atom stereocenters. The van der Waals surface area contributed by atoms with Gasteiger partial charge in [0.2, 0.25) is 5.91 Å². The lowest BCUT2D eigenvalue weighted by molar-refractivity contribution is -0.152. The van der Waals surface area contributed by atoms with E-state index in [2.05, 4.69) is 5.32 Å². The van der Waals surface area contributed by atoms with Gasteiger partial charge in [0.1, 0.15) is 23.7 Å². The van der Waals surface area contributed by atoms with Crippen LogP contribution < -0.4 is 5.32 Å². The van der Waals surface area contributed by atoms with E-state index in [1.807, 2.05) is 17.5 Å². The van der Waals surface area contributed by atoms with Crippen molar-refractivity contribution in [2.45, 2.75) is 24.8 Å². The van der Waals surface area contributed by atoms with Crippen molar-refractivity contribution in [2.75, 3.05) is 19.0 Å². The van der Waals surface area contributed by atoms with Crippen molar-refractivity contribution in [3.8, 4) is 0 Å². The van der Waals surface area contributed by atoms with Gasteiger partial charge in [-0.1, -0.05) is 36.4 Å². The molecule has 11 heteroatoms. The van der Waals surface area contributed by atoms with Gasteiger partial charge in [-0.25, -0.2) is 4.79 Å². The number of ether oxygens (including phenoxy) is 2. The van der Waals surface area contributed by atoms with E-state index < -0.39 is 41.7 Å². The molecule has 1 N–H and O–H groups in total. The lowest BCUT2D eigenvalue weighted by atomic mass is 10.0. The van der Waals surface area contributed by atoms with Crippen molar-refractivity contribution in [3.05, 3.63) is 69.6 Å². The quantitative estimate of drug-likeness (QED) is 0.306. The van der Waals surface area contributed by atoms with Crippen LogP contribution in [0.3, 0.4) is 0 Å². The first-order valence-corrected chi connectivity index (χ1v) is 12.6. The maximum absolute atomic E-state index is 13.0. The summed E-state index contributed by atoms with van der Waals surface area (Å²) >= 11 is 2.79. The number of amides is 2. The molecule has 4 rings (SSSR count). The highest BCUT2D eigenvalue weighted by Gasteiger charge is 2.54. The molecule has 0 radical (unpaired) electrons. The Labute approximate surface area is 209 Å². The summed E-state index contributed by atoms with van der Waals surface area (Å²) in [4.78, 5) is 64.2. The summed E-state index contributed by atoms with van der Waals surface area (Å²) in [6.45, 7) is 0.545. The molecule has 2 aromatic rings. The smallest absolute Gasteiger partial charge is 0.355 e. The van der Waals surface area contributed by atoms with Crippen LogP contribution in [0.5, 0.6) is 0 Å². The van der Waals surface area contributed by atoms with E-state index in [4.69, 9.17) is 9.47 Å². The Morgan fingerprint density at radius 1 is 1.09 bits per heavy atom. The number of carbonyl (C=O) groups excluding carboxylic acids is 5. The first-order chi connectivity index (χ1) is 16.8. The molecule has 0 spiro atoms. The normalized spacial score (nSPS) is 18.9.